The maximum Gasteiger partial charge on any atom is 0.524 e. The number of halogens is 2. The van der Waals surface area contributed by atoms with Crippen molar-refractivity contribution in [3.8, 4) is 11.5 Å². The minimum Gasteiger partial charge on any atom is -0.445 e. The van der Waals surface area contributed by atoms with Crippen LogP contribution in [0.5, 0.6) is 11.5 Å². The Labute approximate surface area is 624 Å². The van der Waals surface area contributed by atoms with E-state index in [4.69, 9.17) is 80.8 Å². The van der Waals surface area contributed by atoms with Crippen molar-refractivity contribution in [2.45, 2.75) is 58.1 Å². The average molecular weight is 1540 g/mol. The fourth-order valence-electron chi connectivity index (χ4n) is 12.0. The maximum atomic E-state index is 14.8. The van der Waals surface area contributed by atoms with Gasteiger partial charge in [-0.1, -0.05) is 81.4 Å². The summed E-state index contributed by atoms with van der Waals surface area (Å²) in [7, 11) is -2.04. The van der Waals surface area contributed by atoms with Crippen LogP contribution in [-0.4, -0.2) is 232 Å². The molecule has 0 aliphatic carbocycles. The van der Waals surface area contributed by atoms with Crippen molar-refractivity contribution in [3.63, 3.8) is 0 Å². The molecule has 0 unspecified atom stereocenters. The number of benzene rings is 5. The highest BCUT2D eigenvalue weighted by molar-refractivity contribution is 7.46. The van der Waals surface area contributed by atoms with Crippen LogP contribution >= 0.6 is 42.4 Å². The summed E-state index contributed by atoms with van der Waals surface area (Å²) >= 11 is 14.1. The number of phosphoric acid groups is 1. The number of methoxy groups -OCH3 is 2. The van der Waals surface area contributed by atoms with Crippen LogP contribution in [0.3, 0.4) is 0 Å². The number of alkyl halides is 2. The number of anilines is 3. The van der Waals surface area contributed by atoms with Crippen molar-refractivity contribution in [3.05, 3.63) is 124 Å². The van der Waals surface area contributed by atoms with Gasteiger partial charge in [-0.3, -0.25) is 33.8 Å². The molecule has 0 spiro atoms. The van der Waals surface area contributed by atoms with Crippen LogP contribution < -0.4 is 35.4 Å². The minimum absolute atomic E-state index is 0.0121. The molecule has 0 saturated carbocycles. The standard InChI is InChI=1S/C73H94Cl2N7O21PS/c1-48(2)68(78-65(84)20-26-95-30-32-97-34-36-99-38-39-100-37-35-98-33-31-96-27-21-76)60(83)40-49(3)69(85)77-53-16-14-50(15-17-53)47-101-72(88)79(24-28-93-4)22-23-80(25-29-94-5)73(89)102-61-41-58-66(56-12-8-6-10-54(56)61)51(43-74)45-81(58)70(86)63-18-19-64(105-63)71(87)82-46-52(44-75)67-57-13-9-7-11-55(57)62(42-59(67)82)103-104(90,91)92/h6-19,41-42,48-49,51-52,68H,20-40,43-47,76H2,1-5H3,(H,77,85)(H,78,84)(H2,90,91,92)/t49-,51-,52-,68+/m1/s1. The zero-order chi connectivity index (χ0) is 75.4. The first-order valence-corrected chi connectivity index (χ1v) is 38.1. The van der Waals surface area contributed by atoms with Gasteiger partial charge in [-0.25, -0.2) is 14.2 Å². The first kappa shape index (κ1) is 83.2. The van der Waals surface area contributed by atoms with E-state index in [1.165, 1.54) is 35.0 Å². The number of nitrogens with two attached hydrogens (primary N) is 1. The number of fused-ring (bicyclic) bond motifs is 6. The molecule has 5 aromatic carbocycles. The summed E-state index contributed by atoms with van der Waals surface area (Å²) in [5.74, 6) is -3.32. The van der Waals surface area contributed by atoms with Crippen LogP contribution in [-0.2, 0) is 68.2 Å². The first-order valence-electron chi connectivity index (χ1n) is 34.6. The molecular formula is C73H94Cl2N7O21PS. The summed E-state index contributed by atoms with van der Waals surface area (Å²) < 4.78 is 72.7. The second-order valence-corrected chi connectivity index (χ2v) is 28.0. The molecule has 105 heavy (non-hydrogen) atoms. The van der Waals surface area contributed by atoms with E-state index in [1.54, 1.807) is 90.7 Å². The fourth-order valence-corrected chi connectivity index (χ4v) is 13.8. The van der Waals surface area contributed by atoms with Crippen LogP contribution in [0.2, 0.25) is 0 Å². The number of nitrogens with zero attached hydrogens (tertiary/aromatic N) is 4. The van der Waals surface area contributed by atoms with Gasteiger partial charge in [0.25, 0.3) is 11.8 Å². The van der Waals surface area contributed by atoms with E-state index in [-0.39, 0.29) is 148 Å². The number of Topliss-reactive ketones (excluding diaryl/α,β-unsaturated/α-hetero) is 1. The van der Waals surface area contributed by atoms with Crippen LogP contribution in [0.25, 0.3) is 21.5 Å². The number of thiophene rings is 1. The molecule has 2 aliphatic rings. The summed E-state index contributed by atoms with van der Waals surface area (Å²) in [6, 6.07) is 26.2. The van der Waals surface area contributed by atoms with Crippen LogP contribution in [0.4, 0.5) is 26.7 Å². The van der Waals surface area contributed by atoms with Gasteiger partial charge in [0.1, 0.15) is 18.1 Å². The van der Waals surface area contributed by atoms with Gasteiger partial charge in [0, 0.05) is 131 Å². The number of ketones is 1. The number of rotatable bonds is 45. The number of hydrogen-bond acceptors (Lipinski definition) is 21. The largest absolute Gasteiger partial charge is 0.524 e. The average Bonchev–Trinajstić information content (AvgIpc) is 1.62. The molecule has 0 radical (unpaired) electrons. The van der Waals surface area contributed by atoms with E-state index in [0.717, 1.165) is 22.5 Å². The van der Waals surface area contributed by atoms with Crippen molar-refractivity contribution in [1.29, 1.82) is 0 Å². The lowest BCUT2D eigenvalue weighted by molar-refractivity contribution is -0.131. The highest BCUT2D eigenvalue weighted by Gasteiger charge is 2.40. The molecular weight excluding hydrogens is 1440 g/mol. The Hall–Kier alpha value is -7.42. The highest BCUT2D eigenvalue weighted by atomic mass is 35.5. The predicted octanol–water partition coefficient (Wildman–Crippen LogP) is 9.35. The summed E-state index contributed by atoms with van der Waals surface area (Å²) in [6.07, 6.45) is -1.57. The molecule has 32 heteroatoms. The normalized spacial score (nSPS) is 14.7. The fraction of sp³-hybridized carbons (Fsp3) is 0.493. The second kappa shape index (κ2) is 42.2. The topological polar surface area (TPSA) is 342 Å². The molecule has 572 valence electrons. The lowest BCUT2D eigenvalue weighted by atomic mass is 9.92. The Bertz CT molecular complexity index is 3920. The van der Waals surface area contributed by atoms with Crippen molar-refractivity contribution in [2.75, 3.05) is 179 Å². The molecule has 6 amide bonds. The molecule has 8 rings (SSSR count). The number of phosphoric ester groups is 1. The monoisotopic (exact) mass is 1540 g/mol. The molecule has 0 fully saturated rings. The Morgan fingerprint density at radius 1 is 0.600 bits per heavy atom. The van der Waals surface area contributed by atoms with E-state index in [9.17, 15) is 47.9 Å². The van der Waals surface area contributed by atoms with E-state index < -0.39 is 49.7 Å². The third-order valence-electron chi connectivity index (χ3n) is 17.3. The quantitative estimate of drug-likeness (QED) is 0.0135. The Morgan fingerprint density at radius 3 is 1.52 bits per heavy atom. The Morgan fingerprint density at radius 2 is 1.06 bits per heavy atom. The maximum absolute atomic E-state index is 14.8. The lowest BCUT2D eigenvalue weighted by Crippen LogP contribution is -2.45. The van der Waals surface area contributed by atoms with Gasteiger partial charge >= 0.3 is 20.0 Å². The number of ether oxygens (including phenoxy) is 10. The molecule has 1 aromatic heterocycles. The van der Waals surface area contributed by atoms with Crippen molar-refractivity contribution in [2.24, 2.45) is 17.6 Å². The number of nitrogens with one attached hydrogen (secondary N) is 2. The van der Waals surface area contributed by atoms with Gasteiger partial charge in [-0.15, -0.1) is 34.5 Å². The molecule has 6 N–H and O–H groups in total. The van der Waals surface area contributed by atoms with Gasteiger partial charge in [-0.05, 0) is 57.6 Å². The van der Waals surface area contributed by atoms with Crippen LogP contribution in [0, 0.1) is 11.8 Å². The SMILES string of the molecule is COCCN(CCN(CCOC)C(=O)Oc1cc2c(c3ccccc13)[C@H](CCl)CN2C(=O)c1ccc(C(=O)N2C[C@@H](CCl)c3c2cc(OP(=O)(O)O)c2ccccc32)s1)C(=O)OCc1ccc(NC(=O)[C@H](C)CC(=O)[C@@H](NC(=O)CCOCCOCCOCCOCCOCCOCCN)C(C)C)cc1. The van der Waals surface area contributed by atoms with Crippen molar-refractivity contribution < 1.29 is 99.8 Å². The molecule has 6 aromatic rings. The number of carbonyl (C=O) groups is 7. The molecule has 3 heterocycles. The zero-order valence-corrected chi connectivity index (χ0v) is 62.9. The molecule has 2 aliphatic heterocycles. The van der Waals surface area contributed by atoms with Crippen LogP contribution in [0.15, 0.2) is 97.1 Å². The van der Waals surface area contributed by atoms with Crippen molar-refractivity contribution in [1.82, 2.24) is 15.1 Å². The van der Waals surface area contributed by atoms with E-state index in [2.05, 4.69) is 10.6 Å². The smallest absolute Gasteiger partial charge is 0.445 e. The number of amides is 6. The molecule has 28 nitrogen and oxygen atoms in total. The lowest BCUT2D eigenvalue weighted by Gasteiger charge is -2.27. The molecule has 0 saturated heterocycles. The predicted molar refractivity (Wildman–Crippen MR) is 397 cm³/mol. The second-order valence-electron chi connectivity index (χ2n) is 25.1. The third-order valence-corrected chi connectivity index (χ3v) is 19.6. The van der Waals surface area contributed by atoms with Crippen molar-refractivity contribution >= 4 is 123 Å². The van der Waals surface area contributed by atoms with Gasteiger partial charge in [0.2, 0.25) is 11.8 Å². The van der Waals surface area contributed by atoms with Gasteiger partial charge < -0.3 is 87.9 Å². The third kappa shape index (κ3) is 24.0. The Kier molecular flexibility index (Phi) is 33.5. The summed E-state index contributed by atoms with van der Waals surface area (Å²) in [6.45, 7) is 11.0. The van der Waals surface area contributed by atoms with Gasteiger partial charge in [0.05, 0.1) is 120 Å². The van der Waals surface area contributed by atoms with Crippen LogP contribution in [0.1, 0.15) is 81.5 Å². The summed E-state index contributed by atoms with van der Waals surface area (Å²) in [5, 5.41) is 7.97. The van der Waals surface area contributed by atoms with E-state index >= 15 is 0 Å². The molecule has 0 bridgehead atoms. The van der Waals surface area contributed by atoms with Gasteiger partial charge in [-0.2, -0.15) is 0 Å². The molecule has 4 atom stereocenters. The minimum atomic E-state index is -5.01. The number of carbonyl (C=O) groups excluding carboxylic acids is 7. The van der Waals surface area contributed by atoms with E-state index in [0.29, 0.717) is 117 Å². The zero-order valence-electron chi connectivity index (χ0n) is 59.6. The first-order chi connectivity index (χ1) is 50.7. The summed E-state index contributed by atoms with van der Waals surface area (Å²) in [4.78, 5) is 123. The highest BCUT2D eigenvalue weighted by Crippen LogP contribution is 2.50. The number of hydrogen-bond donors (Lipinski definition) is 5. The van der Waals surface area contributed by atoms with E-state index in [1.807, 2.05) is 26.0 Å². The Balaban J connectivity index is 0.808. The summed E-state index contributed by atoms with van der Waals surface area (Å²) in [5.41, 5.74) is 8.71. The van der Waals surface area contributed by atoms with Gasteiger partial charge in [0.15, 0.2) is 5.78 Å².